The van der Waals surface area contributed by atoms with Crippen LogP contribution in [-0.4, -0.2) is 13.7 Å². The maximum atomic E-state index is 6.12. The molecule has 2 aromatic rings. The van der Waals surface area contributed by atoms with Crippen LogP contribution in [0.3, 0.4) is 0 Å². The van der Waals surface area contributed by atoms with Crippen LogP contribution < -0.4 is 14.8 Å². The van der Waals surface area contributed by atoms with Gasteiger partial charge in [-0.2, -0.15) is 0 Å². The fourth-order valence-corrected chi connectivity index (χ4v) is 2.47. The third kappa shape index (κ3) is 5.00. The zero-order valence-electron chi connectivity index (χ0n) is 14.4. The molecule has 0 aromatic heterocycles. The molecule has 2 aromatic carbocycles. The molecule has 0 heterocycles. The fraction of sp³-hybridized carbons (Fsp3) is 0.400. The summed E-state index contributed by atoms with van der Waals surface area (Å²) in [6, 6.07) is 14.3. The number of ether oxygens (including phenoxy) is 2. The number of hydrogen-bond acceptors (Lipinski definition) is 3. The molecular formula is C20H27NO2. The van der Waals surface area contributed by atoms with Crippen LogP contribution >= 0.6 is 0 Å². The molecule has 0 spiro atoms. The zero-order valence-corrected chi connectivity index (χ0v) is 14.4. The van der Waals surface area contributed by atoms with E-state index in [2.05, 4.69) is 37.4 Å². The van der Waals surface area contributed by atoms with Crippen LogP contribution in [0.2, 0.25) is 0 Å². The molecule has 3 nitrogen and oxygen atoms in total. The molecule has 0 bridgehead atoms. The van der Waals surface area contributed by atoms with E-state index in [4.69, 9.17) is 9.47 Å². The van der Waals surface area contributed by atoms with E-state index in [1.165, 1.54) is 24.0 Å². The second-order valence-electron chi connectivity index (χ2n) is 5.69. The van der Waals surface area contributed by atoms with Gasteiger partial charge in [-0.1, -0.05) is 49.7 Å². The maximum Gasteiger partial charge on any atom is 0.166 e. The van der Waals surface area contributed by atoms with E-state index >= 15 is 0 Å². The molecule has 0 aliphatic rings. The third-order valence-electron chi connectivity index (χ3n) is 3.94. The maximum absolute atomic E-state index is 6.12. The van der Waals surface area contributed by atoms with Crippen molar-refractivity contribution in [1.82, 2.24) is 5.32 Å². The van der Waals surface area contributed by atoms with Crippen molar-refractivity contribution < 1.29 is 9.47 Å². The van der Waals surface area contributed by atoms with Gasteiger partial charge in [0.15, 0.2) is 11.5 Å². The molecule has 3 heteroatoms. The number of nitrogens with one attached hydrogen (secondary N) is 1. The van der Waals surface area contributed by atoms with Gasteiger partial charge >= 0.3 is 0 Å². The normalized spacial score (nSPS) is 10.6. The Morgan fingerprint density at radius 1 is 1.00 bits per heavy atom. The number of unbranched alkanes of at least 4 members (excludes halogenated alkanes) is 1. The largest absolute Gasteiger partial charge is 0.493 e. The van der Waals surface area contributed by atoms with Gasteiger partial charge in [-0.15, -0.1) is 0 Å². The summed E-state index contributed by atoms with van der Waals surface area (Å²) in [5, 5.41) is 3.47. The van der Waals surface area contributed by atoms with Crippen LogP contribution in [0.4, 0.5) is 0 Å². The molecule has 0 aliphatic heterocycles. The molecule has 0 fully saturated rings. The quantitative estimate of drug-likeness (QED) is 0.693. The molecule has 0 atom stereocenters. The first-order valence-electron chi connectivity index (χ1n) is 8.30. The molecule has 0 unspecified atom stereocenters. The monoisotopic (exact) mass is 313 g/mol. The molecule has 2 rings (SSSR count). The van der Waals surface area contributed by atoms with Crippen LogP contribution in [0.25, 0.3) is 0 Å². The first kappa shape index (κ1) is 17.4. The van der Waals surface area contributed by atoms with Gasteiger partial charge in [-0.05, 0) is 37.1 Å². The first-order valence-corrected chi connectivity index (χ1v) is 8.30. The summed E-state index contributed by atoms with van der Waals surface area (Å²) >= 11 is 0. The summed E-state index contributed by atoms with van der Waals surface area (Å²) in [6.07, 6.45) is 2.38. The molecule has 124 valence electrons. The number of methoxy groups -OCH3 is 1. The number of para-hydroxylation sites is 1. The highest BCUT2D eigenvalue weighted by molar-refractivity contribution is 5.46. The second-order valence-corrected chi connectivity index (χ2v) is 5.69. The van der Waals surface area contributed by atoms with Crippen LogP contribution in [0, 0.1) is 6.92 Å². The third-order valence-corrected chi connectivity index (χ3v) is 3.94. The van der Waals surface area contributed by atoms with Gasteiger partial charge in [0.1, 0.15) is 6.61 Å². The fourth-order valence-electron chi connectivity index (χ4n) is 2.47. The Hall–Kier alpha value is -2.00. The Labute approximate surface area is 139 Å². The first-order chi connectivity index (χ1) is 11.3. The molecule has 0 amide bonds. The van der Waals surface area contributed by atoms with Crippen molar-refractivity contribution in [2.45, 2.75) is 39.8 Å². The van der Waals surface area contributed by atoms with Crippen LogP contribution in [0.15, 0.2) is 42.5 Å². The van der Waals surface area contributed by atoms with E-state index in [9.17, 15) is 0 Å². The lowest BCUT2D eigenvalue weighted by molar-refractivity contribution is 0.280. The van der Waals surface area contributed by atoms with Crippen molar-refractivity contribution >= 4 is 0 Å². The highest BCUT2D eigenvalue weighted by atomic mass is 16.5. The van der Waals surface area contributed by atoms with E-state index in [0.29, 0.717) is 6.61 Å². The van der Waals surface area contributed by atoms with E-state index in [1.807, 2.05) is 24.3 Å². The number of benzene rings is 2. The standard InChI is InChI=1S/C20H27NO2/c1-4-5-13-21-14-17-11-8-12-19(22-3)20(17)23-15-18-10-7-6-9-16(18)2/h6-12,21H,4-5,13-15H2,1-3H3. The minimum atomic E-state index is 0.551. The molecule has 0 aliphatic carbocycles. The van der Waals surface area contributed by atoms with Crippen molar-refractivity contribution in [3.8, 4) is 11.5 Å². The highest BCUT2D eigenvalue weighted by Crippen LogP contribution is 2.32. The van der Waals surface area contributed by atoms with Crippen molar-refractivity contribution in [2.24, 2.45) is 0 Å². The Bertz CT molecular complexity index is 610. The Kier molecular flexibility index (Phi) is 6.95. The van der Waals surface area contributed by atoms with Crippen molar-refractivity contribution in [1.29, 1.82) is 0 Å². The summed E-state index contributed by atoms with van der Waals surface area (Å²) in [6.45, 7) is 6.67. The van der Waals surface area contributed by atoms with Gasteiger partial charge in [0.25, 0.3) is 0 Å². The molecule has 23 heavy (non-hydrogen) atoms. The lowest BCUT2D eigenvalue weighted by Gasteiger charge is -2.16. The minimum Gasteiger partial charge on any atom is -0.493 e. The minimum absolute atomic E-state index is 0.551. The predicted octanol–water partition coefficient (Wildman–Crippen LogP) is 4.47. The lowest BCUT2D eigenvalue weighted by Crippen LogP contribution is -2.15. The average molecular weight is 313 g/mol. The van der Waals surface area contributed by atoms with Gasteiger partial charge in [0.05, 0.1) is 7.11 Å². The van der Waals surface area contributed by atoms with Gasteiger partial charge < -0.3 is 14.8 Å². The molecule has 1 N–H and O–H groups in total. The van der Waals surface area contributed by atoms with E-state index in [-0.39, 0.29) is 0 Å². The highest BCUT2D eigenvalue weighted by Gasteiger charge is 2.11. The van der Waals surface area contributed by atoms with Crippen LogP contribution in [0.5, 0.6) is 11.5 Å². The van der Waals surface area contributed by atoms with E-state index in [0.717, 1.165) is 30.2 Å². The Morgan fingerprint density at radius 2 is 1.78 bits per heavy atom. The van der Waals surface area contributed by atoms with Gasteiger partial charge in [-0.25, -0.2) is 0 Å². The number of hydrogen-bond donors (Lipinski definition) is 1. The molecule has 0 radical (unpaired) electrons. The van der Waals surface area contributed by atoms with E-state index in [1.54, 1.807) is 7.11 Å². The average Bonchev–Trinajstić information content (AvgIpc) is 2.58. The molecule has 0 saturated carbocycles. The SMILES string of the molecule is CCCCNCc1cccc(OC)c1OCc1ccccc1C. The summed E-state index contributed by atoms with van der Waals surface area (Å²) < 4.78 is 11.6. The Morgan fingerprint density at radius 3 is 2.52 bits per heavy atom. The van der Waals surface area contributed by atoms with Crippen molar-refractivity contribution in [3.63, 3.8) is 0 Å². The zero-order chi connectivity index (χ0) is 16.5. The summed E-state index contributed by atoms with van der Waals surface area (Å²) in [7, 11) is 1.68. The summed E-state index contributed by atoms with van der Waals surface area (Å²) in [5.74, 6) is 1.62. The second kappa shape index (κ2) is 9.21. The number of rotatable bonds is 9. The summed E-state index contributed by atoms with van der Waals surface area (Å²) in [5.41, 5.74) is 3.57. The summed E-state index contributed by atoms with van der Waals surface area (Å²) in [4.78, 5) is 0. The lowest BCUT2D eigenvalue weighted by atomic mass is 10.1. The molecule has 0 saturated heterocycles. The topological polar surface area (TPSA) is 30.5 Å². The smallest absolute Gasteiger partial charge is 0.166 e. The van der Waals surface area contributed by atoms with Crippen molar-refractivity contribution in [2.75, 3.05) is 13.7 Å². The molecular weight excluding hydrogens is 286 g/mol. The van der Waals surface area contributed by atoms with Gasteiger partial charge in [0.2, 0.25) is 0 Å². The Balaban J connectivity index is 2.10. The van der Waals surface area contributed by atoms with E-state index < -0.39 is 0 Å². The van der Waals surface area contributed by atoms with Crippen LogP contribution in [-0.2, 0) is 13.2 Å². The number of aryl methyl sites for hydroxylation is 1. The van der Waals surface area contributed by atoms with Gasteiger partial charge in [0, 0.05) is 12.1 Å². The van der Waals surface area contributed by atoms with Crippen LogP contribution in [0.1, 0.15) is 36.5 Å². The van der Waals surface area contributed by atoms with Crippen molar-refractivity contribution in [3.05, 3.63) is 59.2 Å². The predicted molar refractivity (Wildman–Crippen MR) is 95.1 cm³/mol. The van der Waals surface area contributed by atoms with Gasteiger partial charge in [-0.3, -0.25) is 0 Å².